The predicted molar refractivity (Wildman–Crippen MR) is 146 cm³/mol. The number of aromatic nitrogens is 4. The van der Waals surface area contributed by atoms with Gasteiger partial charge < -0.3 is 20.3 Å². The number of rotatable bonds is 7. The molecule has 1 aliphatic heterocycles. The molecule has 0 amide bonds. The van der Waals surface area contributed by atoms with E-state index in [1.807, 2.05) is 45.7 Å². The fourth-order valence-corrected chi connectivity index (χ4v) is 5.04. The van der Waals surface area contributed by atoms with Gasteiger partial charge in [0, 0.05) is 36.4 Å². The SMILES string of the molecule is FC(F)(F)c1cccc(CNc2nc(Nc3ccc(N4CCOCC4)cc3)nc3c2ncn3-c2ccsc2)c1. The van der Waals surface area contributed by atoms with Crippen molar-refractivity contribution in [1.82, 2.24) is 19.5 Å². The summed E-state index contributed by atoms with van der Waals surface area (Å²) in [4.78, 5) is 16.1. The lowest BCUT2D eigenvalue weighted by molar-refractivity contribution is -0.137. The van der Waals surface area contributed by atoms with Crippen LogP contribution >= 0.6 is 11.3 Å². The predicted octanol–water partition coefficient (Wildman–Crippen LogP) is 6.09. The standard InChI is InChI=1S/C27H24F3N7OS/c28-27(29,30)19-3-1-2-18(14-19)15-31-24-23-25(37(17-32-23)22-8-13-39-16-22)35-26(34-24)33-20-4-6-21(7-5-20)36-9-11-38-12-10-36/h1-8,13-14,16-17H,9-12,15H2,(H2,31,33,34,35). The molecule has 5 aromatic rings. The van der Waals surface area contributed by atoms with Gasteiger partial charge in [-0.25, -0.2) is 4.98 Å². The van der Waals surface area contributed by atoms with E-state index in [1.165, 1.54) is 6.07 Å². The van der Waals surface area contributed by atoms with E-state index in [9.17, 15) is 13.2 Å². The lowest BCUT2D eigenvalue weighted by Crippen LogP contribution is -2.36. The molecule has 0 spiro atoms. The topological polar surface area (TPSA) is 80.1 Å². The Kier molecular flexibility index (Phi) is 6.79. The van der Waals surface area contributed by atoms with E-state index in [2.05, 4.69) is 25.5 Å². The maximum atomic E-state index is 13.2. The van der Waals surface area contributed by atoms with E-state index in [-0.39, 0.29) is 6.54 Å². The molecule has 200 valence electrons. The summed E-state index contributed by atoms with van der Waals surface area (Å²) in [5.41, 5.74) is 3.69. The van der Waals surface area contributed by atoms with Crippen LogP contribution in [-0.2, 0) is 17.5 Å². The van der Waals surface area contributed by atoms with Crippen LogP contribution in [0.15, 0.2) is 71.7 Å². The molecule has 0 aliphatic carbocycles. The van der Waals surface area contributed by atoms with E-state index < -0.39 is 11.7 Å². The van der Waals surface area contributed by atoms with E-state index in [1.54, 1.807) is 23.7 Å². The van der Waals surface area contributed by atoms with Crippen molar-refractivity contribution in [3.8, 4) is 5.69 Å². The van der Waals surface area contributed by atoms with Crippen molar-refractivity contribution in [1.29, 1.82) is 0 Å². The first kappa shape index (κ1) is 25.1. The average Bonchev–Trinajstić information content (AvgIpc) is 3.63. The van der Waals surface area contributed by atoms with E-state index >= 15 is 0 Å². The number of nitrogens with zero attached hydrogens (tertiary/aromatic N) is 5. The van der Waals surface area contributed by atoms with Crippen LogP contribution in [0.4, 0.5) is 36.3 Å². The number of anilines is 4. The molecule has 2 aromatic carbocycles. The Morgan fingerprint density at radius 1 is 0.974 bits per heavy atom. The molecule has 0 radical (unpaired) electrons. The highest BCUT2D eigenvalue weighted by Crippen LogP contribution is 2.30. The van der Waals surface area contributed by atoms with Gasteiger partial charge in [0.05, 0.1) is 24.5 Å². The highest BCUT2D eigenvalue weighted by molar-refractivity contribution is 7.08. The average molecular weight is 552 g/mol. The quantitative estimate of drug-likeness (QED) is 0.254. The van der Waals surface area contributed by atoms with E-state index in [0.29, 0.717) is 41.7 Å². The molecular weight excluding hydrogens is 527 g/mol. The molecule has 4 heterocycles. The molecule has 1 aliphatic rings. The number of imidazole rings is 1. The molecule has 0 unspecified atom stereocenters. The van der Waals surface area contributed by atoms with Gasteiger partial charge in [0.25, 0.3) is 0 Å². The summed E-state index contributed by atoms with van der Waals surface area (Å²) >= 11 is 1.55. The molecule has 8 nitrogen and oxygen atoms in total. The number of fused-ring (bicyclic) bond motifs is 1. The Morgan fingerprint density at radius 3 is 2.54 bits per heavy atom. The Hall–Kier alpha value is -4.16. The number of halogens is 3. The van der Waals surface area contributed by atoms with Crippen molar-refractivity contribution in [3.05, 3.63) is 82.8 Å². The summed E-state index contributed by atoms with van der Waals surface area (Å²) in [5, 5.41) is 10.4. The second kappa shape index (κ2) is 10.5. The van der Waals surface area contributed by atoms with Crippen molar-refractivity contribution in [2.75, 3.05) is 41.8 Å². The summed E-state index contributed by atoms with van der Waals surface area (Å²) in [6, 6.07) is 15.2. The third kappa shape index (κ3) is 5.52. The first-order chi connectivity index (χ1) is 18.9. The maximum absolute atomic E-state index is 13.2. The lowest BCUT2D eigenvalue weighted by atomic mass is 10.1. The molecule has 1 fully saturated rings. The minimum atomic E-state index is -4.41. The Balaban J connectivity index is 1.30. The van der Waals surface area contributed by atoms with Gasteiger partial charge in [0.2, 0.25) is 5.95 Å². The van der Waals surface area contributed by atoms with Gasteiger partial charge in [0.15, 0.2) is 17.0 Å². The van der Waals surface area contributed by atoms with Crippen molar-refractivity contribution in [2.24, 2.45) is 0 Å². The molecule has 0 bridgehead atoms. The summed E-state index contributed by atoms with van der Waals surface area (Å²) < 4.78 is 46.9. The monoisotopic (exact) mass is 551 g/mol. The molecule has 39 heavy (non-hydrogen) atoms. The van der Waals surface area contributed by atoms with Gasteiger partial charge in [-0.1, -0.05) is 12.1 Å². The maximum Gasteiger partial charge on any atom is 0.416 e. The summed E-state index contributed by atoms with van der Waals surface area (Å²) in [7, 11) is 0. The van der Waals surface area contributed by atoms with Crippen molar-refractivity contribution in [2.45, 2.75) is 12.7 Å². The van der Waals surface area contributed by atoms with Crippen LogP contribution in [-0.4, -0.2) is 45.8 Å². The van der Waals surface area contributed by atoms with Crippen molar-refractivity contribution in [3.63, 3.8) is 0 Å². The molecule has 0 atom stereocenters. The van der Waals surface area contributed by atoms with Crippen molar-refractivity contribution < 1.29 is 17.9 Å². The van der Waals surface area contributed by atoms with Crippen molar-refractivity contribution >= 4 is 45.6 Å². The van der Waals surface area contributed by atoms with E-state index in [0.717, 1.165) is 42.3 Å². The van der Waals surface area contributed by atoms with Gasteiger partial charge in [-0.2, -0.15) is 34.5 Å². The number of ether oxygens (including phenoxy) is 1. The molecular formula is C27H24F3N7OS. The molecule has 12 heteroatoms. The number of hydrogen-bond acceptors (Lipinski definition) is 8. The van der Waals surface area contributed by atoms with Crippen LogP contribution in [0.3, 0.4) is 0 Å². The molecule has 0 saturated carbocycles. The van der Waals surface area contributed by atoms with Crippen LogP contribution in [0.5, 0.6) is 0 Å². The minimum Gasteiger partial charge on any atom is -0.378 e. The fraction of sp³-hybridized carbons (Fsp3) is 0.222. The second-order valence-electron chi connectivity index (χ2n) is 8.99. The molecule has 3 aromatic heterocycles. The Bertz CT molecular complexity index is 1560. The summed E-state index contributed by atoms with van der Waals surface area (Å²) in [6.45, 7) is 3.25. The Labute approximate surface area is 226 Å². The minimum absolute atomic E-state index is 0.134. The Morgan fingerprint density at radius 2 is 1.79 bits per heavy atom. The highest BCUT2D eigenvalue weighted by atomic mass is 32.1. The zero-order chi connectivity index (χ0) is 26.8. The number of nitrogens with one attached hydrogen (secondary N) is 2. The van der Waals surface area contributed by atoms with Crippen LogP contribution < -0.4 is 15.5 Å². The largest absolute Gasteiger partial charge is 0.416 e. The number of morpholine rings is 1. The third-order valence-corrected chi connectivity index (χ3v) is 7.07. The zero-order valence-electron chi connectivity index (χ0n) is 20.7. The highest BCUT2D eigenvalue weighted by Gasteiger charge is 2.30. The van der Waals surface area contributed by atoms with Gasteiger partial charge >= 0.3 is 6.18 Å². The smallest absolute Gasteiger partial charge is 0.378 e. The number of benzene rings is 2. The van der Waals surface area contributed by atoms with Gasteiger partial charge in [-0.15, -0.1) is 0 Å². The van der Waals surface area contributed by atoms with Crippen LogP contribution in [0.1, 0.15) is 11.1 Å². The lowest BCUT2D eigenvalue weighted by Gasteiger charge is -2.28. The zero-order valence-corrected chi connectivity index (χ0v) is 21.5. The first-order valence-electron chi connectivity index (χ1n) is 12.3. The summed E-state index contributed by atoms with van der Waals surface area (Å²) in [5.74, 6) is 0.754. The van der Waals surface area contributed by atoms with Gasteiger partial charge in [-0.3, -0.25) is 4.57 Å². The summed E-state index contributed by atoms with van der Waals surface area (Å²) in [6.07, 6.45) is -2.75. The van der Waals surface area contributed by atoms with Gasteiger partial charge in [0.1, 0.15) is 6.33 Å². The molecule has 1 saturated heterocycles. The van der Waals surface area contributed by atoms with Crippen LogP contribution in [0.25, 0.3) is 16.9 Å². The van der Waals surface area contributed by atoms with Gasteiger partial charge in [-0.05, 0) is 53.4 Å². The number of thiophene rings is 1. The first-order valence-corrected chi connectivity index (χ1v) is 13.3. The number of alkyl halides is 3. The van der Waals surface area contributed by atoms with Crippen LogP contribution in [0, 0.1) is 0 Å². The van der Waals surface area contributed by atoms with Crippen LogP contribution in [0.2, 0.25) is 0 Å². The molecule has 2 N–H and O–H groups in total. The van der Waals surface area contributed by atoms with E-state index in [4.69, 9.17) is 9.72 Å². The molecule has 6 rings (SSSR count). The third-order valence-electron chi connectivity index (χ3n) is 6.39. The number of hydrogen-bond donors (Lipinski definition) is 2. The second-order valence-corrected chi connectivity index (χ2v) is 9.77. The fourth-order valence-electron chi connectivity index (χ4n) is 4.41. The normalized spacial score (nSPS) is 14.1.